The van der Waals surface area contributed by atoms with Crippen molar-refractivity contribution in [1.29, 1.82) is 0 Å². The zero-order valence-corrected chi connectivity index (χ0v) is 15.5. The third kappa shape index (κ3) is 5.51. The van der Waals surface area contributed by atoms with E-state index < -0.39 is 29.1 Å². The lowest BCUT2D eigenvalue weighted by molar-refractivity contribution is -0.136. The van der Waals surface area contributed by atoms with E-state index in [-0.39, 0.29) is 19.7 Å². The van der Waals surface area contributed by atoms with E-state index in [1.54, 1.807) is 6.92 Å². The van der Waals surface area contributed by atoms with Crippen molar-refractivity contribution in [2.24, 2.45) is 0 Å². The minimum absolute atomic E-state index is 0.237. The molecule has 0 aliphatic heterocycles. The van der Waals surface area contributed by atoms with E-state index in [1.165, 1.54) is 11.0 Å². The predicted octanol–water partition coefficient (Wildman–Crippen LogP) is 3.45. The molecule has 0 saturated heterocycles. The van der Waals surface area contributed by atoms with Crippen molar-refractivity contribution in [3.8, 4) is 5.75 Å². The molecule has 0 heterocycles. The van der Waals surface area contributed by atoms with E-state index >= 15 is 0 Å². The number of carbonyl (C=O) groups is 2. The Balaban J connectivity index is 1.96. The summed E-state index contributed by atoms with van der Waals surface area (Å²) in [6.07, 6.45) is 0. The Morgan fingerprint density at radius 1 is 1.11 bits per heavy atom. The number of para-hydroxylation sites is 1. The molecule has 0 aliphatic rings. The highest BCUT2D eigenvalue weighted by molar-refractivity contribution is 5.94. The van der Waals surface area contributed by atoms with Gasteiger partial charge in [-0.3, -0.25) is 9.59 Å². The number of nitrogens with zero attached hydrogens (tertiary/aromatic N) is 1. The maximum atomic E-state index is 13.6. The lowest BCUT2D eigenvalue weighted by Gasteiger charge is -2.21. The zero-order valence-electron chi connectivity index (χ0n) is 15.5. The van der Waals surface area contributed by atoms with E-state index in [4.69, 9.17) is 4.74 Å². The van der Waals surface area contributed by atoms with E-state index in [2.05, 4.69) is 5.32 Å². The number of halogens is 2. The highest BCUT2D eigenvalue weighted by Crippen LogP contribution is 2.19. The lowest BCUT2D eigenvalue weighted by Crippen LogP contribution is -2.40. The maximum absolute atomic E-state index is 13.6. The van der Waals surface area contributed by atoms with Gasteiger partial charge >= 0.3 is 0 Å². The van der Waals surface area contributed by atoms with Gasteiger partial charge < -0.3 is 15.0 Å². The van der Waals surface area contributed by atoms with Gasteiger partial charge in [-0.1, -0.05) is 18.2 Å². The predicted molar refractivity (Wildman–Crippen MR) is 98.7 cm³/mol. The fraction of sp³-hybridized carbons (Fsp3) is 0.300. The average molecular weight is 376 g/mol. The van der Waals surface area contributed by atoms with Gasteiger partial charge in [0, 0.05) is 6.54 Å². The summed E-state index contributed by atoms with van der Waals surface area (Å²) in [6.45, 7) is 5.17. The number of benzene rings is 2. The van der Waals surface area contributed by atoms with Crippen LogP contribution in [0.25, 0.3) is 0 Å². The second kappa shape index (κ2) is 9.12. The topological polar surface area (TPSA) is 58.6 Å². The molecular weight excluding hydrogens is 354 g/mol. The second-order valence-corrected chi connectivity index (χ2v) is 6.11. The van der Waals surface area contributed by atoms with Crippen LogP contribution in [0.1, 0.15) is 18.1 Å². The molecule has 2 rings (SSSR count). The fourth-order valence-corrected chi connectivity index (χ4v) is 2.44. The van der Waals surface area contributed by atoms with Gasteiger partial charge in [0.15, 0.2) is 6.61 Å². The van der Waals surface area contributed by atoms with Crippen molar-refractivity contribution < 1.29 is 23.1 Å². The number of rotatable bonds is 7. The smallest absolute Gasteiger partial charge is 0.260 e. The molecule has 2 aromatic carbocycles. The quantitative estimate of drug-likeness (QED) is 0.805. The SMILES string of the molecule is CCN(CC(=O)Nc1c(F)cccc1F)C(=O)COc1cc(C)ccc1C. The van der Waals surface area contributed by atoms with Gasteiger partial charge in [-0.15, -0.1) is 0 Å². The van der Waals surface area contributed by atoms with Crippen LogP contribution < -0.4 is 10.1 Å². The molecule has 2 aromatic rings. The van der Waals surface area contributed by atoms with E-state index in [1.807, 2.05) is 32.0 Å². The van der Waals surface area contributed by atoms with Crippen LogP contribution in [0.5, 0.6) is 5.75 Å². The number of ether oxygens (including phenoxy) is 1. The van der Waals surface area contributed by atoms with Crippen LogP contribution in [0, 0.1) is 25.5 Å². The minimum Gasteiger partial charge on any atom is -0.483 e. The Bertz CT molecular complexity index is 820. The molecule has 0 radical (unpaired) electrons. The standard InChI is InChI=1S/C20H22F2N2O3/c1-4-24(11-18(25)23-20-15(21)6-5-7-16(20)22)19(26)12-27-17-10-13(2)8-9-14(17)3/h5-10H,4,11-12H2,1-3H3,(H,23,25). The van der Waals surface area contributed by atoms with Crippen molar-refractivity contribution in [3.63, 3.8) is 0 Å². The van der Waals surface area contributed by atoms with Gasteiger partial charge in [0.25, 0.3) is 5.91 Å². The van der Waals surface area contributed by atoms with Crippen LogP contribution in [0.2, 0.25) is 0 Å². The third-order valence-electron chi connectivity index (χ3n) is 3.99. The van der Waals surface area contributed by atoms with Crippen LogP contribution in [-0.4, -0.2) is 36.4 Å². The van der Waals surface area contributed by atoms with Crippen LogP contribution in [-0.2, 0) is 9.59 Å². The fourth-order valence-electron chi connectivity index (χ4n) is 2.44. The Morgan fingerprint density at radius 2 is 1.78 bits per heavy atom. The molecule has 0 fully saturated rings. The summed E-state index contributed by atoms with van der Waals surface area (Å²) in [6, 6.07) is 8.94. The Morgan fingerprint density at radius 3 is 2.41 bits per heavy atom. The summed E-state index contributed by atoms with van der Waals surface area (Å²) in [5, 5.41) is 2.16. The first kappa shape index (κ1) is 20.4. The molecule has 1 N–H and O–H groups in total. The van der Waals surface area contributed by atoms with Gasteiger partial charge in [-0.2, -0.15) is 0 Å². The molecule has 0 aromatic heterocycles. The molecule has 27 heavy (non-hydrogen) atoms. The van der Waals surface area contributed by atoms with Crippen molar-refractivity contribution in [2.75, 3.05) is 25.0 Å². The second-order valence-electron chi connectivity index (χ2n) is 6.11. The molecule has 0 spiro atoms. The number of hydrogen-bond acceptors (Lipinski definition) is 3. The Hall–Kier alpha value is -2.96. The first-order chi connectivity index (χ1) is 12.8. The number of amides is 2. The van der Waals surface area contributed by atoms with Gasteiger partial charge in [0.05, 0.1) is 6.54 Å². The summed E-state index contributed by atoms with van der Waals surface area (Å²) in [5.74, 6) is -2.26. The third-order valence-corrected chi connectivity index (χ3v) is 3.99. The molecule has 5 nitrogen and oxygen atoms in total. The Labute approximate surface area is 156 Å². The summed E-state index contributed by atoms with van der Waals surface area (Å²) < 4.78 is 32.8. The van der Waals surface area contributed by atoms with Crippen LogP contribution in [0.4, 0.5) is 14.5 Å². The summed E-state index contributed by atoms with van der Waals surface area (Å²) >= 11 is 0. The van der Waals surface area contributed by atoms with Crippen LogP contribution in [0.3, 0.4) is 0 Å². The van der Waals surface area contributed by atoms with Crippen molar-refractivity contribution in [2.45, 2.75) is 20.8 Å². The molecule has 7 heteroatoms. The minimum atomic E-state index is -0.879. The average Bonchev–Trinajstić information content (AvgIpc) is 2.63. The van der Waals surface area contributed by atoms with Crippen LogP contribution >= 0.6 is 0 Å². The number of likely N-dealkylation sites (N-methyl/N-ethyl adjacent to an activating group) is 1. The zero-order chi connectivity index (χ0) is 20.0. The Kier molecular flexibility index (Phi) is 6.87. The lowest BCUT2D eigenvalue weighted by atomic mass is 10.1. The molecule has 144 valence electrons. The number of hydrogen-bond donors (Lipinski definition) is 1. The number of anilines is 1. The number of aryl methyl sites for hydroxylation is 2. The van der Waals surface area contributed by atoms with Gasteiger partial charge in [0.1, 0.15) is 23.1 Å². The van der Waals surface area contributed by atoms with Crippen LogP contribution in [0.15, 0.2) is 36.4 Å². The van der Waals surface area contributed by atoms with Crippen molar-refractivity contribution >= 4 is 17.5 Å². The largest absolute Gasteiger partial charge is 0.483 e. The molecule has 0 bridgehead atoms. The molecule has 0 aliphatic carbocycles. The van der Waals surface area contributed by atoms with E-state index in [0.29, 0.717) is 5.75 Å². The molecular formula is C20H22F2N2O3. The maximum Gasteiger partial charge on any atom is 0.260 e. The summed E-state index contributed by atoms with van der Waals surface area (Å²) in [4.78, 5) is 25.7. The van der Waals surface area contributed by atoms with E-state index in [9.17, 15) is 18.4 Å². The molecule has 0 atom stereocenters. The first-order valence-corrected chi connectivity index (χ1v) is 8.53. The van der Waals surface area contributed by atoms with Crippen molar-refractivity contribution in [3.05, 3.63) is 59.2 Å². The highest BCUT2D eigenvalue weighted by atomic mass is 19.1. The first-order valence-electron chi connectivity index (χ1n) is 8.53. The summed E-state index contributed by atoms with van der Waals surface area (Å²) in [5.41, 5.74) is 1.36. The molecule has 0 unspecified atom stereocenters. The molecule has 2 amide bonds. The normalized spacial score (nSPS) is 10.4. The van der Waals surface area contributed by atoms with Crippen molar-refractivity contribution in [1.82, 2.24) is 4.90 Å². The highest BCUT2D eigenvalue weighted by Gasteiger charge is 2.19. The molecule has 0 saturated carbocycles. The van der Waals surface area contributed by atoms with Gasteiger partial charge in [-0.05, 0) is 50.1 Å². The van der Waals surface area contributed by atoms with E-state index in [0.717, 1.165) is 23.3 Å². The van der Waals surface area contributed by atoms with Gasteiger partial charge in [0.2, 0.25) is 5.91 Å². The number of carbonyl (C=O) groups excluding carboxylic acids is 2. The van der Waals surface area contributed by atoms with Gasteiger partial charge in [-0.25, -0.2) is 8.78 Å². The number of nitrogens with one attached hydrogen (secondary N) is 1. The summed E-state index contributed by atoms with van der Waals surface area (Å²) in [7, 11) is 0. The monoisotopic (exact) mass is 376 g/mol.